The van der Waals surface area contributed by atoms with Gasteiger partial charge in [-0.3, -0.25) is 4.79 Å². The van der Waals surface area contributed by atoms with Crippen LogP contribution in [0.3, 0.4) is 0 Å². The van der Waals surface area contributed by atoms with Gasteiger partial charge in [0.15, 0.2) is 16.4 Å². The number of methoxy groups -OCH3 is 1. The van der Waals surface area contributed by atoms with E-state index in [1.54, 1.807) is 19.1 Å². The first-order valence-electron chi connectivity index (χ1n) is 6.93. The average molecular weight is 343 g/mol. The van der Waals surface area contributed by atoms with E-state index in [1.807, 2.05) is 0 Å². The molecule has 1 amide bonds. The Kier molecular flexibility index (Phi) is 7.18. The number of nitrogens with one attached hydrogen (secondary N) is 1. The van der Waals surface area contributed by atoms with E-state index < -0.39 is 28.3 Å². The zero-order valence-corrected chi connectivity index (χ0v) is 14.2. The number of ether oxygens (including phenoxy) is 2. The summed E-state index contributed by atoms with van der Waals surface area (Å²) in [4.78, 5) is 23.5. The van der Waals surface area contributed by atoms with E-state index in [-0.39, 0.29) is 17.4 Å². The topological polar surface area (TPSA) is 98.8 Å². The molecule has 0 spiro atoms. The van der Waals surface area contributed by atoms with Gasteiger partial charge in [-0.2, -0.15) is 0 Å². The molecule has 1 unspecified atom stereocenters. The summed E-state index contributed by atoms with van der Waals surface area (Å²) in [5.74, 6) is -1.28. The van der Waals surface area contributed by atoms with Gasteiger partial charge in [0.1, 0.15) is 0 Å². The van der Waals surface area contributed by atoms with Crippen LogP contribution in [-0.2, 0) is 29.9 Å². The smallest absolute Gasteiger partial charge is 0.338 e. The van der Waals surface area contributed by atoms with E-state index in [1.165, 1.54) is 19.2 Å². The molecule has 0 aliphatic rings. The van der Waals surface area contributed by atoms with Crippen LogP contribution in [0.1, 0.15) is 22.8 Å². The van der Waals surface area contributed by atoms with Gasteiger partial charge in [-0.25, -0.2) is 13.2 Å². The Labute approximate surface area is 135 Å². The van der Waals surface area contributed by atoms with Gasteiger partial charge in [0, 0.05) is 19.4 Å². The summed E-state index contributed by atoms with van der Waals surface area (Å²) >= 11 is 0. The van der Waals surface area contributed by atoms with Gasteiger partial charge in [-0.1, -0.05) is 12.1 Å². The number of rotatable bonds is 8. The molecule has 1 aromatic rings. The number of hydrogen-bond donors (Lipinski definition) is 1. The highest BCUT2D eigenvalue weighted by Crippen LogP contribution is 2.10. The summed E-state index contributed by atoms with van der Waals surface area (Å²) in [5.41, 5.74) is 0.684. The van der Waals surface area contributed by atoms with Crippen LogP contribution in [0.2, 0.25) is 0 Å². The van der Waals surface area contributed by atoms with Crippen molar-refractivity contribution in [3.05, 3.63) is 35.4 Å². The Hall–Kier alpha value is -1.93. The van der Waals surface area contributed by atoms with Crippen molar-refractivity contribution in [2.24, 2.45) is 0 Å². The molecule has 1 aromatic carbocycles. The van der Waals surface area contributed by atoms with Crippen LogP contribution in [0, 0.1) is 0 Å². The van der Waals surface area contributed by atoms with E-state index in [0.717, 1.165) is 6.26 Å². The fraction of sp³-hybridized carbons (Fsp3) is 0.467. The highest BCUT2D eigenvalue weighted by Gasteiger charge is 2.13. The first-order valence-corrected chi connectivity index (χ1v) is 8.99. The van der Waals surface area contributed by atoms with Gasteiger partial charge in [-0.15, -0.1) is 0 Å². The number of benzene rings is 1. The minimum atomic E-state index is -3.19. The lowest BCUT2D eigenvalue weighted by atomic mass is 10.1. The van der Waals surface area contributed by atoms with Gasteiger partial charge < -0.3 is 14.8 Å². The van der Waals surface area contributed by atoms with Crippen LogP contribution in [0.15, 0.2) is 24.3 Å². The van der Waals surface area contributed by atoms with Crippen LogP contribution in [0.4, 0.5) is 0 Å². The summed E-state index contributed by atoms with van der Waals surface area (Å²) in [5, 5.41) is 2.61. The summed E-state index contributed by atoms with van der Waals surface area (Å²) in [7, 11) is -1.67. The van der Waals surface area contributed by atoms with Crippen LogP contribution in [-0.4, -0.2) is 52.9 Å². The molecule has 1 N–H and O–H groups in total. The normalized spacial score (nSPS) is 12.5. The van der Waals surface area contributed by atoms with E-state index >= 15 is 0 Å². The SMILES string of the molecule is COCC(C)NC(=O)COC(=O)c1cccc(CS(C)(=O)=O)c1. The lowest BCUT2D eigenvalue weighted by Gasteiger charge is -2.12. The van der Waals surface area contributed by atoms with Crippen LogP contribution in [0.25, 0.3) is 0 Å². The Morgan fingerprint density at radius 2 is 2.00 bits per heavy atom. The van der Waals surface area contributed by atoms with Gasteiger partial charge in [0.2, 0.25) is 0 Å². The molecule has 128 valence electrons. The maximum Gasteiger partial charge on any atom is 0.338 e. The van der Waals surface area contributed by atoms with E-state index in [4.69, 9.17) is 9.47 Å². The third-order valence-corrected chi connectivity index (χ3v) is 3.61. The highest BCUT2D eigenvalue weighted by molar-refractivity contribution is 7.89. The summed E-state index contributed by atoms with van der Waals surface area (Å²) in [6.45, 7) is 1.70. The largest absolute Gasteiger partial charge is 0.452 e. The number of esters is 1. The summed E-state index contributed by atoms with van der Waals surface area (Å²) < 4.78 is 32.3. The van der Waals surface area contributed by atoms with E-state index in [9.17, 15) is 18.0 Å². The zero-order chi connectivity index (χ0) is 17.5. The number of carbonyl (C=O) groups is 2. The average Bonchev–Trinajstić information content (AvgIpc) is 2.43. The summed E-state index contributed by atoms with van der Waals surface area (Å²) in [6.07, 6.45) is 1.11. The third kappa shape index (κ3) is 7.75. The molecular weight excluding hydrogens is 322 g/mol. The maximum absolute atomic E-state index is 11.9. The monoisotopic (exact) mass is 343 g/mol. The predicted octanol–water partition coefficient (Wildman–Crippen LogP) is 0.539. The van der Waals surface area contributed by atoms with Crippen molar-refractivity contribution in [2.45, 2.75) is 18.7 Å². The Balaban J connectivity index is 2.58. The molecule has 0 saturated heterocycles. The second-order valence-electron chi connectivity index (χ2n) is 5.27. The van der Waals surface area contributed by atoms with Crippen LogP contribution in [0.5, 0.6) is 0 Å². The van der Waals surface area contributed by atoms with Crippen molar-refractivity contribution in [3.8, 4) is 0 Å². The zero-order valence-electron chi connectivity index (χ0n) is 13.4. The fourth-order valence-electron chi connectivity index (χ4n) is 1.91. The van der Waals surface area contributed by atoms with Crippen molar-refractivity contribution >= 4 is 21.7 Å². The lowest BCUT2D eigenvalue weighted by Crippen LogP contribution is -2.38. The molecule has 0 aliphatic heterocycles. The molecule has 0 aliphatic carbocycles. The van der Waals surface area contributed by atoms with Gasteiger partial charge >= 0.3 is 5.97 Å². The molecule has 0 fully saturated rings. The minimum absolute atomic E-state index is 0.164. The second-order valence-corrected chi connectivity index (χ2v) is 7.41. The molecule has 0 saturated carbocycles. The highest BCUT2D eigenvalue weighted by atomic mass is 32.2. The third-order valence-electron chi connectivity index (χ3n) is 2.75. The van der Waals surface area contributed by atoms with E-state index in [2.05, 4.69) is 5.32 Å². The first kappa shape index (κ1) is 19.1. The molecule has 23 heavy (non-hydrogen) atoms. The fourth-order valence-corrected chi connectivity index (χ4v) is 2.70. The molecule has 8 heteroatoms. The van der Waals surface area contributed by atoms with Crippen molar-refractivity contribution in [1.29, 1.82) is 0 Å². The molecule has 1 rings (SSSR count). The van der Waals surface area contributed by atoms with Crippen molar-refractivity contribution < 1.29 is 27.5 Å². The number of hydrogen-bond acceptors (Lipinski definition) is 6. The van der Waals surface area contributed by atoms with Gasteiger partial charge in [0.25, 0.3) is 5.91 Å². The Morgan fingerprint density at radius 3 is 2.61 bits per heavy atom. The molecular formula is C15H21NO6S. The lowest BCUT2D eigenvalue weighted by molar-refractivity contribution is -0.125. The minimum Gasteiger partial charge on any atom is -0.452 e. The number of sulfone groups is 1. The Bertz CT molecular complexity index is 656. The van der Waals surface area contributed by atoms with Gasteiger partial charge in [-0.05, 0) is 24.6 Å². The van der Waals surface area contributed by atoms with Crippen molar-refractivity contribution in [3.63, 3.8) is 0 Å². The maximum atomic E-state index is 11.9. The molecule has 0 heterocycles. The molecule has 1 atom stereocenters. The molecule has 0 bridgehead atoms. The first-order chi connectivity index (χ1) is 10.7. The molecule has 0 radical (unpaired) electrons. The van der Waals surface area contributed by atoms with Crippen molar-refractivity contribution in [2.75, 3.05) is 26.6 Å². The summed E-state index contributed by atoms with van der Waals surface area (Å²) in [6, 6.07) is 5.92. The standard InChI is InChI=1S/C15H21NO6S/c1-11(8-21-2)16-14(17)9-22-15(18)13-6-4-5-12(7-13)10-23(3,19)20/h4-7,11H,8-10H2,1-3H3,(H,16,17). The van der Waals surface area contributed by atoms with Crippen LogP contribution >= 0.6 is 0 Å². The molecule has 0 aromatic heterocycles. The van der Waals surface area contributed by atoms with E-state index in [0.29, 0.717) is 12.2 Å². The van der Waals surface area contributed by atoms with Crippen molar-refractivity contribution in [1.82, 2.24) is 5.32 Å². The number of amides is 1. The quantitative estimate of drug-likeness (QED) is 0.692. The van der Waals surface area contributed by atoms with Gasteiger partial charge in [0.05, 0.1) is 17.9 Å². The molecule has 7 nitrogen and oxygen atoms in total. The Morgan fingerprint density at radius 1 is 1.30 bits per heavy atom. The predicted molar refractivity (Wildman–Crippen MR) is 84.8 cm³/mol. The second kappa shape index (κ2) is 8.64. The van der Waals surface area contributed by atoms with Crippen LogP contribution < -0.4 is 5.32 Å². The number of carbonyl (C=O) groups excluding carboxylic acids is 2.